The summed E-state index contributed by atoms with van der Waals surface area (Å²) in [5.41, 5.74) is 2.82. The van der Waals surface area contributed by atoms with Crippen LogP contribution in [0.5, 0.6) is 5.75 Å². The minimum Gasteiger partial charge on any atom is -0.506 e. The number of carbonyl (C=O) groups is 2. The van der Waals surface area contributed by atoms with Crippen molar-refractivity contribution in [1.29, 1.82) is 0 Å². The number of rotatable bonds is 7. The molecule has 3 N–H and O–H groups in total. The van der Waals surface area contributed by atoms with Crippen LogP contribution in [-0.4, -0.2) is 41.5 Å². The summed E-state index contributed by atoms with van der Waals surface area (Å²) in [6.45, 7) is 8.06. The number of anilines is 1. The lowest BCUT2D eigenvalue weighted by Gasteiger charge is -2.31. The fourth-order valence-electron chi connectivity index (χ4n) is 3.91. The molecule has 2 aromatic rings. The van der Waals surface area contributed by atoms with Crippen molar-refractivity contribution in [3.05, 3.63) is 59.7 Å². The number of phenolic OH excluding ortho intramolecular Hbond substituents is 1. The summed E-state index contributed by atoms with van der Waals surface area (Å²) in [6, 6.07) is 15.1. The Kier molecular flexibility index (Phi) is 7.69. The molecule has 1 fully saturated rings. The van der Waals surface area contributed by atoms with E-state index < -0.39 is 0 Å². The lowest BCUT2D eigenvalue weighted by atomic mass is 9.95. The van der Waals surface area contributed by atoms with Gasteiger partial charge in [0.15, 0.2) is 0 Å². The number of nitrogens with zero attached hydrogens (tertiary/aromatic N) is 1. The van der Waals surface area contributed by atoms with Crippen molar-refractivity contribution in [1.82, 2.24) is 10.2 Å². The molecule has 0 spiro atoms. The number of likely N-dealkylation sites (tertiary alicyclic amines) is 1. The Balaban J connectivity index is 1.43. The zero-order valence-corrected chi connectivity index (χ0v) is 18.6. The van der Waals surface area contributed by atoms with Gasteiger partial charge in [0.05, 0.1) is 18.3 Å². The molecule has 6 nitrogen and oxygen atoms in total. The third-order valence-electron chi connectivity index (χ3n) is 5.97. The Hall–Kier alpha value is -2.86. The number of hydrogen-bond acceptors (Lipinski definition) is 4. The molecule has 3 rings (SSSR count). The SMILES string of the molecule is CC(C)c1ccc([C@H](C)NC(=O)CN2CCC(C(=O)Nc3ccccc3O)CC2)cc1. The van der Waals surface area contributed by atoms with Crippen molar-refractivity contribution < 1.29 is 14.7 Å². The van der Waals surface area contributed by atoms with Crippen molar-refractivity contribution in [2.45, 2.75) is 45.6 Å². The van der Waals surface area contributed by atoms with Crippen LogP contribution >= 0.6 is 0 Å². The lowest BCUT2D eigenvalue weighted by Crippen LogP contribution is -2.43. The molecule has 1 atom stereocenters. The van der Waals surface area contributed by atoms with Gasteiger partial charge < -0.3 is 15.7 Å². The average Bonchev–Trinajstić information content (AvgIpc) is 2.75. The van der Waals surface area contributed by atoms with Crippen molar-refractivity contribution in [3.63, 3.8) is 0 Å². The first kappa shape index (κ1) is 22.8. The van der Waals surface area contributed by atoms with E-state index in [9.17, 15) is 14.7 Å². The highest BCUT2D eigenvalue weighted by Crippen LogP contribution is 2.25. The molecule has 0 aromatic heterocycles. The number of carbonyl (C=O) groups excluding carboxylic acids is 2. The first-order chi connectivity index (χ1) is 14.8. The number of amides is 2. The monoisotopic (exact) mass is 423 g/mol. The number of nitrogens with one attached hydrogen (secondary N) is 2. The van der Waals surface area contributed by atoms with Crippen LogP contribution in [0, 0.1) is 5.92 Å². The van der Waals surface area contributed by atoms with E-state index in [4.69, 9.17) is 0 Å². The molecular weight excluding hydrogens is 390 g/mol. The van der Waals surface area contributed by atoms with E-state index in [0.717, 1.165) is 5.56 Å². The van der Waals surface area contributed by atoms with Gasteiger partial charge in [-0.05, 0) is 62.0 Å². The molecule has 2 amide bonds. The summed E-state index contributed by atoms with van der Waals surface area (Å²) in [5.74, 6) is 0.360. The van der Waals surface area contributed by atoms with Crippen LogP contribution in [0.15, 0.2) is 48.5 Å². The average molecular weight is 424 g/mol. The normalized spacial score (nSPS) is 16.1. The fourth-order valence-corrected chi connectivity index (χ4v) is 3.91. The summed E-state index contributed by atoms with van der Waals surface area (Å²) in [6.07, 6.45) is 1.39. The summed E-state index contributed by atoms with van der Waals surface area (Å²) in [4.78, 5) is 27.1. The third kappa shape index (κ3) is 6.31. The van der Waals surface area contributed by atoms with Gasteiger partial charge >= 0.3 is 0 Å². The summed E-state index contributed by atoms with van der Waals surface area (Å²) in [7, 11) is 0. The van der Waals surface area contributed by atoms with Crippen LogP contribution < -0.4 is 10.6 Å². The maximum atomic E-state index is 12.5. The molecule has 0 unspecified atom stereocenters. The Labute approximate surface area is 184 Å². The predicted octanol–water partition coefficient (Wildman–Crippen LogP) is 4.04. The third-order valence-corrected chi connectivity index (χ3v) is 5.97. The van der Waals surface area contributed by atoms with E-state index in [1.54, 1.807) is 24.3 Å². The molecule has 1 aliphatic heterocycles. The van der Waals surface area contributed by atoms with Crippen LogP contribution in [0.1, 0.15) is 56.7 Å². The van der Waals surface area contributed by atoms with Gasteiger partial charge in [-0.2, -0.15) is 0 Å². The lowest BCUT2D eigenvalue weighted by molar-refractivity contribution is -0.124. The smallest absolute Gasteiger partial charge is 0.234 e. The van der Waals surface area contributed by atoms with Crippen LogP contribution in [0.25, 0.3) is 0 Å². The van der Waals surface area contributed by atoms with Crippen LogP contribution in [0.4, 0.5) is 5.69 Å². The van der Waals surface area contributed by atoms with Gasteiger partial charge in [0.1, 0.15) is 5.75 Å². The molecule has 31 heavy (non-hydrogen) atoms. The Morgan fingerprint density at radius 2 is 1.61 bits per heavy atom. The highest BCUT2D eigenvalue weighted by Gasteiger charge is 2.26. The summed E-state index contributed by atoms with van der Waals surface area (Å²) in [5, 5.41) is 15.7. The van der Waals surface area contributed by atoms with Gasteiger partial charge in [-0.3, -0.25) is 14.5 Å². The van der Waals surface area contributed by atoms with Gasteiger partial charge in [0.25, 0.3) is 0 Å². The van der Waals surface area contributed by atoms with Gasteiger partial charge in [-0.1, -0.05) is 50.2 Å². The second kappa shape index (κ2) is 10.4. The van der Waals surface area contributed by atoms with Crippen molar-refractivity contribution >= 4 is 17.5 Å². The van der Waals surface area contributed by atoms with Gasteiger partial charge in [0.2, 0.25) is 11.8 Å². The molecule has 1 aliphatic rings. The van der Waals surface area contributed by atoms with Gasteiger partial charge in [-0.15, -0.1) is 0 Å². The zero-order chi connectivity index (χ0) is 22.4. The highest BCUT2D eigenvalue weighted by molar-refractivity contribution is 5.93. The maximum absolute atomic E-state index is 12.5. The molecular formula is C25H33N3O3. The predicted molar refractivity (Wildman–Crippen MR) is 123 cm³/mol. The number of aromatic hydroxyl groups is 1. The molecule has 0 aliphatic carbocycles. The number of piperidine rings is 1. The fraction of sp³-hybridized carbons (Fsp3) is 0.440. The number of para-hydroxylation sites is 2. The van der Waals surface area contributed by atoms with E-state index in [0.29, 0.717) is 44.1 Å². The molecule has 1 heterocycles. The maximum Gasteiger partial charge on any atom is 0.234 e. The van der Waals surface area contributed by atoms with E-state index in [2.05, 4.69) is 53.6 Å². The molecule has 1 saturated heterocycles. The van der Waals surface area contributed by atoms with Gasteiger partial charge in [0, 0.05) is 5.92 Å². The first-order valence-electron chi connectivity index (χ1n) is 11.0. The molecule has 2 aromatic carbocycles. The molecule has 0 radical (unpaired) electrons. The van der Waals surface area contributed by atoms with E-state index in [-0.39, 0.29) is 29.5 Å². The van der Waals surface area contributed by atoms with Crippen molar-refractivity contribution in [2.24, 2.45) is 5.92 Å². The minimum atomic E-state index is -0.114. The summed E-state index contributed by atoms with van der Waals surface area (Å²) >= 11 is 0. The second-order valence-electron chi connectivity index (χ2n) is 8.67. The second-order valence-corrected chi connectivity index (χ2v) is 8.67. The number of benzene rings is 2. The minimum absolute atomic E-state index is 0.00227. The van der Waals surface area contributed by atoms with Crippen LogP contribution in [0.3, 0.4) is 0 Å². The van der Waals surface area contributed by atoms with Crippen LogP contribution in [0.2, 0.25) is 0 Å². The van der Waals surface area contributed by atoms with Crippen molar-refractivity contribution in [2.75, 3.05) is 25.0 Å². The Morgan fingerprint density at radius 1 is 1.00 bits per heavy atom. The van der Waals surface area contributed by atoms with Crippen molar-refractivity contribution in [3.8, 4) is 5.75 Å². The zero-order valence-electron chi connectivity index (χ0n) is 18.6. The van der Waals surface area contributed by atoms with Crippen LogP contribution in [-0.2, 0) is 9.59 Å². The first-order valence-corrected chi connectivity index (χ1v) is 11.0. The largest absolute Gasteiger partial charge is 0.506 e. The molecule has 6 heteroatoms. The molecule has 0 bridgehead atoms. The Morgan fingerprint density at radius 3 is 2.23 bits per heavy atom. The molecule has 0 saturated carbocycles. The number of hydrogen-bond donors (Lipinski definition) is 3. The standard InChI is InChI=1S/C25H33N3O3/c1-17(2)19-8-10-20(11-9-19)18(3)26-24(30)16-28-14-12-21(13-15-28)25(31)27-22-6-4-5-7-23(22)29/h4-11,17-18,21,29H,12-16H2,1-3H3,(H,26,30)(H,27,31)/t18-/m0/s1. The van der Waals surface area contributed by atoms with E-state index in [1.165, 1.54) is 5.56 Å². The van der Waals surface area contributed by atoms with E-state index in [1.807, 2.05) is 6.92 Å². The Bertz CT molecular complexity index is 887. The quantitative estimate of drug-likeness (QED) is 0.587. The van der Waals surface area contributed by atoms with E-state index >= 15 is 0 Å². The van der Waals surface area contributed by atoms with Gasteiger partial charge in [-0.25, -0.2) is 0 Å². The molecule has 166 valence electrons. The summed E-state index contributed by atoms with van der Waals surface area (Å²) < 4.78 is 0. The number of phenols is 1. The highest BCUT2D eigenvalue weighted by atomic mass is 16.3. The topological polar surface area (TPSA) is 81.7 Å².